The highest BCUT2D eigenvalue weighted by atomic mass is 79.9. The van der Waals surface area contributed by atoms with E-state index in [-0.39, 0.29) is 17.6 Å². The number of halogens is 2. The van der Waals surface area contributed by atoms with Crippen LogP contribution in [-0.2, 0) is 0 Å². The first-order valence-electron chi connectivity index (χ1n) is 5.39. The second-order valence-corrected chi connectivity index (χ2v) is 5.39. The molecule has 96 valence electrons. The van der Waals surface area contributed by atoms with E-state index in [1.807, 2.05) is 23.9 Å². The van der Waals surface area contributed by atoms with Crippen LogP contribution in [0.5, 0.6) is 5.75 Å². The van der Waals surface area contributed by atoms with Gasteiger partial charge in [0, 0.05) is 9.85 Å². The lowest BCUT2D eigenvalue weighted by Gasteiger charge is -2.17. The number of ether oxygens (including phenoxy) is 1. The van der Waals surface area contributed by atoms with E-state index in [0.717, 1.165) is 15.6 Å². The van der Waals surface area contributed by atoms with Gasteiger partial charge in [-0.05, 0) is 51.6 Å². The molecule has 0 fully saturated rings. The molecule has 2 aromatic rings. The van der Waals surface area contributed by atoms with Crippen LogP contribution in [0.3, 0.4) is 0 Å². The van der Waals surface area contributed by atoms with Crippen molar-refractivity contribution in [3.05, 3.63) is 50.4 Å². The van der Waals surface area contributed by atoms with Gasteiger partial charge in [-0.2, -0.15) is 11.3 Å². The summed E-state index contributed by atoms with van der Waals surface area (Å²) in [5.74, 6) is -0.0837. The number of thiophene rings is 1. The molecule has 0 aliphatic carbocycles. The number of rotatable bonds is 4. The van der Waals surface area contributed by atoms with E-state index >= 15 is 0 Å². The molecule has 18 heavy (non-hydrogen) atoms. The zero-order valence-corrected chi connectivity index (χ0v) is 12.4. The van der Waals surface area contributed by atoms with E-state index in [0.29, 0.717) is 0 Å². The zero-order chi connectivity index (χ0) is 13.1. The molecule has 5 heteroatoms. The van der Waals surface area contributed by atoms with Gasteiger partial charge < -0.3 is 10.1 Å². The number of benzene rings is 1. The lowest BCUT2D eigenvalue weighted by molar-refractivity contribution is 0.386. The molecule has 0 aliphatic heterocycles. The van der Waals surface area contributed by atoms with Gasteiger partial charge in [-0.15, -0.1) is 0 Å². The van der Waals surface area contributed by atoms with E-state index in [2.05, 4.69) is 21.2 Å². The van der Waals surface area contributed by atoms with Crippen LogP contribution in [0.4, 0.5) is 4.39 Å². The first-order valence-corrected chi connectivity index (χ1v) is 7.13. The van der Waals surface area contributed by atoms with Crippen molar-refractivity contribution in [2.24, 2.45) is 0 Å². The Balaban J connectivity index is 2.40. The molecule has 1 aromatic carbocycles. The number of nitrogens with one attached hydrogen (secondary N) is 1. The number of hydrogen-bond acceptors (Lipinski definition) is 3. The fourth-order valence-corrected chi connectivity index (χ4v) is 3.41. The maximum Gasteiger partial charge on any atom is 0.165 e. The molecular weight excluding hydrogens is 317 g/mol. The molecule has 0 saturated carbocycles. The van der Waals surface area contributed by atoms with Crippen molar-refractivity contribution in [2.45, 2.75) is 6.04 Å². The first-order chi connectivity index (χ1) is 8.67. The molecule has 0 spiro atoms. The molecule has 0 aliphatic rings. The average Bonchev–Trinajstić information content (AvgIpc) is 2.77. The second-order valence-electron chi connectivity index (χ2n) is 3.79. The van der Waals surface area contributed by atoms with Crippen molar-refractivity contribution in [1.29, 1.82) is 0 Å². The summed E-state index contributed by atoms with van der Waals surface area (Å²) >= 11 is 5.11. The van der Waals surface area contributed by atoms with Gasteiger partial charge in [-0.25, -0.2) is 4.39 Å². The Kier molecular flexibility index (Phi) is 4.37. The summed E-state index contributed by atoms with van der Waals surface area (Å²) in [6.07, 6.45) is 0. The van der Waals surface area contributed by atoms with E-state index in [1.54, 1.807) is 17.4 Å². The molecule has 0 amide bonds. The first kappa shape index (κ1) is 13.5. The van der Waals surface area contributed by atoms with E-state index in [1.165, 1.54) is 13.2 Å². The van der Waals surface area contributed by atoms with Gasteiger partial charge in [0.15, 0.2) is 11.6 Å². The van der Waals surface area contributed by atoms with Crippen molar-refractivity contribution in [3.63, 3.8) is 0 Å². The van der Waals surface area contributed by atoms with Crippen LogP contribution < -0.4 is 10.1 Å². The molecule has 1 heterocycles. The molecule has 0 bridgehead atoms. The minimum atomic E-state index is -0.346. The molecule has 2 rings (SSSR count). The molecule has 0 saturated heterocycles. The fraction of sp³-hybridized carbons (Fsp3) is 0.231. The molecule has 1 atom stereocenters. The highest BCUT2D eigenvalue weighted by Crippen LogP contribution is 2.32. The molecular formula is C13H13BrFNOS. The standard InChI is InChI=1S/C13H13BrFNOS/c1-16-13(9-6-18-7-10(9)14)8-3-4-12(17-2)11(15)5-8/h3-7,13,16H,1-2H3. The highest BCUT2D eigenvalue weighted by Gasteiger charge is 2.17. The Hall–Kier alpha value is -0.910. The minimum absolute atomic E-state index is 0.0361. The highest BCUT2D eigenvalue weighted by molar-refractivity contribution is 9.10. The van der Waals surface area contributed by atoms with E-state index in [9.17, 15) is 4.39 Å². The summed E-state index contributed by atoms with van der Waals surface area (Å²) in [6, 6.07) is 4.98. The monoisotopic (exact) mass is 329 g/mol. The van der Waals surface area contributed by atoms with Crippen LogP contribution in [0.25, 0.3) is 0 Å². The minimum Gasteiger partial charge on any atom is -0.494 e. The SMILES string of the molecule is CNC(c1ccc(OC)c(F)c1)c1cscc1Br. The normalized spacial score (nSPS) is 12.4. The summed E-state index contributed by atoms with van der Waals surface area (Å²) in [7, 11) is 3.32. The van der Waals surface area contributed by atoms with Crippen molar-refractivity contribution in [2.75, 3.05) is 14.2 Å². The van der Waals surface area contributed by atoms with Crippen LogP contribution in [0.1, 0.15) is 17.2 Å². The zero-order valence-electron chi connectivity index (χ0n) is 10.0. The quantitative estimate of drug-likeness (QED) is 0.916. The predicted octanol–water partition coefficient (Wildman–Crippen LogP) is 3.97. The molecule has 2 nitrogen and oxygen atoms in total. The lowest BCUT2D eigenvalue weighted by Crippen LogP contribution is -2.17. The maximum atomic E-state index is 13.7. The van der Waals surface area contributed by atoms with Gasteiger partial charge in [0.2, 0.25) is 0 Å². The number of hydrogen-bond donors (Lipinski definition) is 1. The summed E-state index contributed by atoms with van der Waals surface area (Å²) < 4.78 is 19.7. The van der Waals surface area contributed by atoms with Crippen LogP contribution in [0, 0.1) is 5.82 Å². The van der Waals surface area contributed by atoms with E-state index < -0.39 is 0 Å². The average molecular weight is 330 g/mol. The Morgan fingerprint density at radius 2 is 2.17 bits per heavy atom. The van der Waals surface area contributed by atoms with Crippen LogP contribution >= 0.6 is 27.3 Å². The van der Waals surface area contributed by atoms with Crippen molar-refractivity contribution < 1.29 is 9.13 Å². The summed E-state index contributed by atoms with van der Waals surface area (Å²) in [4.78, 5) is 0. The smallest absolute Gasteiger partial charge is 0.165 e. The second kappa shape index (κ2) is 5.82. The third kappa shape index (κ3) is 2.58. The van der Waals surface area contributed by atoms with Crippen molar-refractivity contribution >= 4 is 27.3 Å². The van der Waals surface area contributed by atoms with Crippen LogP contribution in [0.15, 0.2) is 33.4 Å². The Labute approximate surface area is 118 Å². The molecule has 1 N–H and O–H groups in total. The van der Waals surface area contributed by atoms with Crippen molar-refractivity contribution in [1.82, 2.24) is 5.32 Å². The predicted molar refractivity (Wildman–Crippen MR) is 75.9 cm³/mol. The third-order valence-electron chi connectivity index (χ3n) is 2.75. The van der Waals surface area contributed by atoms with Gasteiger partial charge in [0.05, 0.1) is 13.2 Å². The summed E-state index contributed by atoms with van der Waals surface area (Å²) in [5, 5.41) is 7.26. The van der Waals surface area contributed by atoms with Crippen molar-refractivity contribution in [3.8, 4) is 5.75 Å². The van der Waals surface area contributed by atoms with Crippen LogP contribution in [-0.4, -0.2) is 14.2 Å². The molecule has 1 aromatic heterocycles. The van der Waals surface area contributed by atoms with Gasteiger partial charge in [0.25, 0.3) is 0 Å². The van der Waals surface area contributed by atoms with Gasteiger partial charge in [-0.3, -0.25) is 0 Å². The third-order valence-corrected chi connectivity index (χ3v) is 4.50. The summed E-state index contributed by atoms with van der Waals surface area (Å²) in [5.41, 5.74) is 1.97. The molecule has 0 radical (unpaired) electrons. The largest absolute Gasteiger partial charge is 0.494 e. The summed E-state index contributed by atoms with van der Waals surface area (Å²) in [6.45, 7) is 0. The Morgan fingerprint density at radius 1 is 1.39 bits per heavy atom. The van der Waals surface area contributed by atoms with Gasteiger partial charge in [-0.1, -0.05) is 6.07 Å². The topological polar surface area (TPSA) is 21.3 Å². The Morgan fingerprint density at radius 3 is 2.67 bits per heavy atom. The van der Waals surface area contributed by atoms with Gasteiger partial charge >= 0.3 is 0 Å². The molecule has 1 unspecified atom stereocenters. The van der Waals surface area contributed by atoms with Gasteiger partial charge in [0.1, 0.15) is 0 Å². The lowest BCUT2D eigenvalue weighted by atomic mass is 10.0. The number of methoxy groups -OCH3 is 1. The van der Waals surface area contributed by atoms with Crippen LogP contribution in [0.2, 0.25) is 0 Å². The maximum absolute atomic E-state index is 13.7. The van der Waals surface area contributed by atoms with E-state index in [4.69, 9.17) is 4.74 Å². The Bertz CT molecular complexity index is 544. The fourth-order valence-electron chi connectivity index (χ4n) is 1.86.